The van der Waals surface area contributed by atoms with Crippen molar-refractivity contribution in [2.75, 3.05) is 6.54 Å². The maximum atomic E-state index is 4.05. The van der Waals surface area contributed by atoms with E-state index >= 15 is 0 Å². The third-order valence-electron chi connectivity index (χ3n) is 2.58. The minimum atomic E-state index is 0.381. The Bertz CT molecular complexity index is 248. The van der Waals surface area contributed by atoms with Crippen LogP contribution in [0.4, 0.5) is 0 Å². The van der Waals surface area contributed by atoms with E-state index in [9.17, 15) is 0 Å². The predicted molar refractivity (Wildman–Crippen MR) is 57.9 cm³/mol. The van der Waals surface area contributed by atoms with E-state index in [0.717, 1.165) is 13.0 Å². The summed E-state index contributed by atoms with van der Waals surface area (Å²) in [7, 11) is 0. The Labute approximate surface area is 86.0 Å². The standard InChI is InChI=1S/C11H19N3/c1-4-9(3)11(14-5-2)10-6-12-8-13-7-10/h6-9,11,14H,4-5H2,1-3H3. The number of nitrogens with one attached hydrogen (secondary N) is 1. The molecule has 1 N–H and O–H groups in total. The van der Waals surface area contributed by atoms with Gasteiger partial charge in [-0.2, -0.15) is 0 Å². The van der Waals surface area contributed by atoms with E-state index in [-0.39, 0.29) is 0 Å². The molecule has 1 rings (SSSR count). The largest absolute Gasteiger partial charge is 0.310 e. The lowest BCUT2D eigenvalue weighted by Crippen LogP contribution is -2.26. The lowest BCUT2D eigenvalue weighted by molar-refractivity contribution is 0.382. The zero-order chi connectivity index (χ0) is 10.4. The van der Waals surface area contributed by atoms with Gasteiger partial charge in [-0.15, -0.1) is 0 Å². The quantitative estimate of drug-likeness (QED) is 0.778. The second kappa shape index (κ2) is 5.70. The normalized spacial score (nSPS) is 15.1. The first-order valence-corrected chi connectivity index (χ1v) is 5.27. The van der Waals surface area contributed by atoms with E-state index in [1.165, 1.54) is 5.56 Å². The molecule has 14 heavy (non-hydrogen) atoms. The molecule has 2 atom stereocenters. The summed E-state index contributed by atoms with van der Waals surface area (Å²) in [5.74, 6) is 0.612. The van der Waals surface area contributed by atoms with Crippen molar-refractivity contribution in [2.45, 2.75) is 33.2 Å². The third kappa shape index (κ3) is 2.77. The van der Waals surface area contributed by atoms with E-state index in [1.807, 2.05) is 12.4 Å². The van der Waals surface area contributed by atoms with Gasteiger partial charge in [0.2, 0.25) is 0 Å². The molecule has 2 unspecified atom stereocenters. The van der Waals surface area contributed by atoms with E-state index in [0.29, 0.717) is 12.0 Å². The molecule has 3 nitrogen and oxygen atoms in total. The minimum Gasteiger partial charge on any atom is -0.310 e. The second-order valence-corrected chi connectivity index (χ2v) is 3.59. The lowest BCUT2D eigenvalue weighted by Gasteiger charge is -2.23. The first-order chi connectivity index (χ1) is 6.79. The van der Waals surface area contributed by atoms with Crippen LogP contribution in [-0.4, -0.2) is 16.5 Å². The third-order valence-corrected chi connectivity index (χ3v) is 2.58. The van der Waals surface area contributed by atoms with Crippen LogP contribution in [0.5, 0.6) is 0 Å². The van der Waals surface area contributed by atoms with Crippen LogP contribution in [0.25, 0.3) is 0 Å². The van der Waals surface area contributed by atoms with Gasteiger partial charge < -0.3 is 5.32 Å². The van der Waals surface area contributed by atoms with Gasteiger partial charge in [-0.3, -0.25) is 0 Å². The maximum absolute atomic E-state index is 4.05. The van der Waals surface area contributed by atoms with Gasteiger partial charge >= 0.3 is 0 Å². The van der Waals surface area contributed by atoms with Crippen molar-refractivity contribution in [3.8, 4) is 0 Å². The van der Waals surface area contributed by atoms with Crippen molar-refractivity contribution in [1.82, 2.24) is 15.3 Å². The number of aromatic nitrogens is 2. The van der Waals surface area contributed by atoms with Crippen molar-refractivity contribution >= 4 is 0 Å². The fourth-order valence-corrected chi connectivity index (χ4v) is 1.57. The molecule has 0 fully saturated rings. The summed E-state index contributed by atoms with van der Waals surface area (Å²) >= 11 is 0. The maximum Gasteiger partial charge on any atom is 0.115 e. The van der Waals surface area contributed by atoms with Crippen LogP contribution in [0.1, 0.15) is 38.8 Å². The van der Waals surface area contributed by atoms with Gasteiger partial charge in [0.25, 0.3) is 0 Å². The van der Waals surface area contributed by atoms with Crippen molar-refractivity contribution in [1.29, 1.82) is 0 Å². The Hall–Kier alpha value is -0.960. The molecule has 0 saturated heterocycles. The Balaban J connectivity index is 2.77. The van der Waals surface area contributed by atoms with Crippen molar-refractivity contribution < 1.29 is 0 Å². The summed E-state index contributed by atoms with van der Waals surface area (Å²) in [6.07, 6.45) is 6.52. The molecular formula is C11H19N3. The van der Waals surface area contributed by atoms with Crippen LogP contribution < -0.4 is 5.32 Å². The first kappa shape index (κ1) is 11.1. The molecule has 1 heterocycles. The van der Waals surface area contributed by atoms with E-state index in [2.05, 4.69) is 36.1 Å². The van der Waals surface area contributed by atoms with E-state index in [4.69, 9.17) is 0 Å². The van der Waals surface area contributed by atoms with Gasteiger partial charge in [-0.1, -0.05) is 27.2 Å². The summed E-state index contributed by atoms with van der Waals surface area (Å²) in [5.41, 5.74) is 1.18. The fraction of sp³-hybridized carbons (Fsp3) is 0.636. The van der Waals surface area contributed by atoms with E-state index < -0.39 is 0 Å². The summed E-state index contributed by atoms with van der Waals surface area (Å²) < 4.78 is 0. The van der Waals surface area contributed by atoms with Crippen molar-refractivity contribution in [2.24, 2.45) is 5.92 Å². The Morgan fingerprint density at radius 3 is 2.43 bits per heavy atom. The molecule has 0 aliphatic heterocycles. The van der Waals surface area contributed by atoms with Crippen molar-refractivity contribution in [3.05, 3.63) is 24.3 Å². The fourth-order valence-electron chi connectivity index (χ4n) is 1.57. The second-order valence-electron chi connectivity index (χ2n) is 3.59. The molecule has 0 aromatic carbocycles. The average Bonchev–Trinajstić information content (AvgIpc) is 2.26. The van der Waals surface area contributed by atoms with Crippen LogP contribution in [0.3, 0.4) is 0 Å². The van der Waals surface area contributed by atoms with Crippen LogP contribution in [0.15, 0.2) is 18.7 Å². The van der Waals surface area contributed by atoms with Crippen LogP contribution in [0, 0.1) is 5.92 Å². The summed E-state index contributed by atoms with van der Waals surface area (Å²) in [5, 5.41) is 3.47. The SMILES string of the molecule is CCNC(c1cncnc1)C(C)CC. The topological polar surface area (TPSA) is 37.8 Å². The molecule has 0 amide bonds. The minimum absolute atomic E-state index is 0.381. The number of rotatable bonds is 5. The Morgan fingerprint density at radius 1 is 1.29 bits per heavy atom. The Kier molecular flexibility index (Phi) is 4.53. The van der Waals surface area contributed by atoms with Crippen molar-refractivity contribution in [3.63, 3.8) is 0 Å². The van der Waals surface area contributed by atoms with Gasteiger partial charge in [0.15, 0.2) is 0 Å². The smallest absolute Gasteiger partial charge is 0.115 e. The van der Waals surface area contributed by atoms with Gasteiger partial charge in [-0.05, 0) is 12.5 Å². The molecule has 1 aromatic rings. The van der Waals surface area contributed by atoms with Gasteiger partial charge in [0.05, 0.1) is 0 Å². The van der Waals surface area contributed by atoms with Crippen LogP contribution in [-0.2, 0) is 0 Å². The molecule has 3 heteroatoms. The highest BCUT2D eigenvalue weighted by atomic mass is 14.9. The number of hydrogen-bond donors (Lipinski definition) is 1. The zero-order valence-corrected chi connectivity index (χ0v) is 9.20. The Morgan fingerprint density at radius 2 is 1.93 bits per heavy atom. The number of nitrogens with zero attached hydrogens (tertiary/aromatic N) is 2. The van der Waals surface area contributed by atoms with Gasteiger partial charge in [0.1, 0.15) is 6.33 Å². The molecule has 0 spiro atoms. The monoisotopic (exact) mass is 193 g/mol. The predicted octanol–water partition coefficient (Wildman–Crippen LogP) is 2.17. The molecule has 0 bridgehead atoms. The highest BCUT2D eigenvalue weighted by molar-refractivity contribution is 5.10. The van der Waals surface area contributed by atoms with E-state index in [1.54, 1.807) is 6.33 Å². The number of hydrogen-bond acceptors (Lipinski definition) is 3. The van der Waals surface area contributed by atoms with Gasteiger partial charge in [0, 0.05) is 24.0 Å². The molecule has 0 radical (unpaired) electrons. The summed E-state index contributed by atoms with van der Waals surface area (Å²) in [6, 6.07) is 0.381. The van der Waals surface area contributed by atoms with Crippen LogP contribution in [0.2, 0.25) is 0 Å². The summed E-state index contributed by atoms with van der Waals surface area (Å²) in [4.78, 5) is 8.11. The molecule has 0 aliphatic rings. The molecular weight excluding hydrogens is 174 g/mol. The summed E-state index contributed by atoms with van der Waals surface area (Å²) in [6.45, 7) is 7.56. The molecule has 0 saturated carbocycles. The van der Waals surface area contributed by atoms with Gasteiger partial charge in [-0.25, -0.2) is 9.97 Å². The van der Waals surface area contributed by atoms with Crippen LogP contribution >= 0.6 is 0 Å². The highest BCUT2D eigenvalue weighted by Crippen LogP contribution is 2.22. The molecule has 1 aromatic heterocycles. The lowest BCUT2D eigenvalue weighted by atomic mass is 9.94. The first-order valence-electron chi connectivity index (χ1n) is 5.27. The zero-order valence-electron chi connectivity index (χ0n) is 9.20. The molecule has 0 aliphatic carbocycles. The average molecular weight is 193 g/mol. The molecule has 78 valence electrons. The highest BCUT2D eigenvalue weighted by Gasteiger charge is 2.16.